The van der Waals surface area contributed by atoms with Gasteiger partial charge in [0.15, 0.2) is 5.69 Å². The summed E-state index contributed by atoms with van der Waals surface area (Å²) >= 11 is 1.61. The minimum atomic E-state index is -0.249. The molecule has 0 radical (unpaired) electrons. The van der Waals surface area contributed by atoms with Crippen LogP contribution in [0, 0.1) is 0 Å². The van der Waals surface area contributed by atoms with E-state index < -0.39 is 0 Å². The van der Waals surface area contributed by atoms with Crippen LogP contribution in [0.5, 0.6) is 0 Å². The Morgan fingerprint density at radius 2 is 2.20 bits per heavy atom. The van der Waals surface area contributed by atoms with Crippen LogP contribution < -0.4 is 10.6 Å². The zero-order valence-corrected chi connectivity index (χ0v) is 12.5. The smallest absolute Gasteiger partial charge is 0.272 e. The van der Waals surface area contributed by atoms with Gasteiger partial charge in [0.2, 0.25) is 0 Å². The Morgan fingerprint density at radius 1 is 1.40 bits per heavy atom. The third-order valence-corrected chi connectivity index (χ3v) is 4.12. The molecule has 0 fully saturated rings. The molecular formula is C13H17N5OS. The van der Waals surface area contributed by atoms with Crippen molar-refractivity contribution in [3.8, 4) is 0 Å². The monoisotopic (exact) mass is 291 g/mol. The topological polar surface area (TPSA) is 79.8 Å². The fraction of sp³-hybridized carbons (Fsp3) is 0.385. The van der Waals surface area contributed by atoms with E-state index in [4.69, 9.17) is 0 Å². The van der Waals surface area contributed by atoms with Gasteiger partial charge in [0, 0.05) is 18.1 Å². The molecule has 0 saturated heterocycles. The molecule has 2 rings (SSSR count). The highest BCUT2D eigenvalue weighted by molar-refractivity contribution is 7.11. The summed E-state index contributed by atoms with van der Waals surface area (Å²) in [6, 6.07) is 3.21. The van der Waals surface area contributed by atoms with Gasteiger partial charge in [-0.3, -0.25) is 4.79 Å². The van der Waals surface area contributed by atoms with E-state index in [0.29, 0.717) is 11.5 Å². The summed E-state index contributed by atoms with van der Waals surface area (Å²) < 4.78 is 0. The zero-order chi connectivity index (χ0) is 14.5. The molecule has 2 heterocycles. The Balaban J connectivity index is 2.02. The lowest BCUT2D eigenvalue weighted by molar-refractivity contribution is 0.0934. The summed E-state index contributed by atoms with van der Waals surface area (Å²) in [7, 11) is 1.75. The van der Waals surface area contributed by atoms with Crippen molar-refractivity contribution >= 4 is 23.1 Å². The Labute approximate surface area is 121 Å². The molecule has 2 N–H and O–H groups in total. The van der Waals surface area contributed by atoms with Crippen LogP contribution in [0.1, 0.15) is 40.3 Å². The molecular weight excluding hydrogens is 274 g/mol. The summed E-state index contributed by atoms with van der Waals surface area (Å²) in [5.41, 5.74) is 0.295. The van der Waals surface area contributed by atoms with Gasteiger partial charge < -0.3 is 10.6 Å². The lowest BCUT2D eigenvalue weighted by Gasteiger charge is -2.10. The van der Waals surface area contributed by atoms with E-state index in [1.54, 1.807) is 30.5 Å². The van der Waals surface area contributed by atoms with Crippen LogP contribution in [0.25, 0.3) is 0 Å². The number of hydrogen-bond acceptors (Lipinski definition) is 6. The van der Waals surface area contributed by atoms with E-state index in [-0.39, 0.29) is 11.9 Å². The molecule has 106 valence electrons. The lowest BCUT2D eigenvalue weighted by atomic mass is 10.3. The Hall–Kier alpha value is -2.02. The molecule has 0 aliphatic carbocycles. The standard InChI is InChI=1S/C13H17N5OS/c1-4-9-7-15-13(20-9)8(2)16-12(19)10-5-6-11(14-3)18-17-10/h5-8H,4H2,1-3H3,(H,14,18)(H,16,19). The van der Waals surface area contributed by atoms with Gasteiger partial charge in [0.05, 0.1) is 6.04 Å². The fourth-order valence-electron chi connectivity index (χ4n) is 1.61. The van der Waals surface area contributed by atoms with E-state index in [2.05, 4.69) is 32.7 Å². The van der Waals surface area contributed by atoms with Crippen LogP contribution in [0.4, 0.5) is 5.82 Å². The fourth-order valence-corrected chi connectivity index (χ4v) is 2.46. The minimum Gasteiger partial charge on any atom is -0.372 e. The van der Waals surface area contributed by atoms with Crippen molar-refractivity contribution in [1.29, 1.82) is 0 Å². The maximum absolute atomic E-state index is 12.0. The minimum absolute atomic E-state index is 0.140. The van der Waals surface area contributed by atoms with Crippen LogP contribution in [-0.2, 0) is 6.42 Å². The normalized spacial score (nSPS) is 11.9. The molecule has 0 saturated carbocycles. The average Bonchev–Trinajstić information content (AvgIpc) is 2.96. The molecule has 0 aliphatic rings. The van der Waals surface area contributed by atoms with E-state index in [0.717, 1.165) is 11.4 Å². The molecule has 2 aromatic rings. The molecule has 0 bridgehead atoms. The Morgan fingerprint density at radius 3 is 2.75 bits per heavy atom. The number of carbonyl (C=O) groups is 1. The molecule has 1 amide bonds. The summed E-state index contributed by atoms with van der Waals surface area (Å²) in [5.74, 6) is 0.378. The van der Waals surface area contributed by atoms with Crippen molar-refractivity contribution in [2.24, 2.45) is 0 Å². The maximum Gasteiger partial charge on any atom is 0.272 e. The SMILES string of the molecule is CCc1cnc(C(C)NC(=O)c2ccc(NC)nn2)s1. The summed E-state index contributed by atoms with van der Waals surface area (Å²) in [5, 5.41) is 14.4. The van der Waals surface area contributed by atoms with Gasteiger partial charge in [-0.2, -0.15) is 0 Å². The average molecular weight is 291 g/mol. The highest BCUT2D eigenvalue weighted by Crippen LogP contribution is 2.20. The van der Waals surface area contributed by atoms with Crippen molar-refractivity contribution in [2.45, 2.75) is 26.3 Å². The first kappa shape index (κ1) is 14.4. The predicted octanol–water partition coefficient (Wildman–Crippen LogP) is 2.03. The van der Waals surface area contributed by atoms with Crippen molar-refractivity contribution < 1.29 is 4.79 Å². The van der Waals surface area contributed by atoms with Crippen LogP contribution in [-0.4, -0.2) is 28.1 Å². The van der Waals surface area contributed by atoms with E-state index in [9.17, 15) is 4.79 Å². The van der Waals surface area contributed by atoms with Crippen LogP contribution in [0.3, 0.4) is 0 Å². The summed E-state index contributed by atoms with van der Waals surface area (Å²) in [6.45, 7) is 3.99. The molecule has 1 atom stereocenters. The van der Waals surface area contributed by atoms with Gasteiger partial charge in [-0.25, -0.2) is 4.98 Å². The second kappa shape index (κ2) is 6.42. The van der Waals surface area contributed by atoms with Gasteiger partial charge in [-0.15, -0.1) is 21.5 Å². The molecule has 7 heteroatoms. The van der Waals surface area contributed by atoms with Gasteiger partial charge >= 0.3 is 0 Å². The van der Waals surface area contributed by atoms with Gasteiger partial charge in [-0.05, 0) is 25.5 Å². The molecule has 0 spiro atoms. The first-order valence-corrected chi connectivity index (χ1v) is 7.22. The van der Waals surface area contributed by atoms with Crippen molar-refractivity contribution in [3.63, 3.8) is 0 Å². The summed E-state index contributed by atoms with van der Waals surface area (Å²) in [6.07, 6.45) is 2.81. The van der Waals surface area contributed by atoms with Crippen molar-refractivity contribution in [2.75, 3.05) is 12.4 Å². The van der Waals surface area contributed by atoms with Crippen molar-refractivity contribution in [1.82, 2.24) is 20.5 Å². The molecule has 0 aromatic carbocycles. The molecule has 0 aliphatic heterocycles. The number of amides is 1. The quantitative estimate of drug-likeness (QED) is 0.881. The highest BCUT2D eigenvalue weighted by atomic mass is 32.1. The molecule has 2 aromatic heterocycles. The van der Waals surface area contributed by atoms with Gasteiger partial charge in [-0.1, -0.05) is 6.92 Å². The number of thiazole rings is 1. The zero-order valence-electron chi connectivity index (χ0n) is 11.7. The number of hydrogen-bond donors (Lipinski definition) is 2. The van der Waals surface area contributed by atoms with E-state index in [1.165, 1.54) is 4.88 Å². The van der Waals surface area contributed by atoms with Crippen molar-refractivity contribution in [3.05, 3.63) is 33.9 Å². The van der Waals surface area contributed by atoms with Gasteiger partial charge in [0.1, 0.15) is 10.8 Å². The Kier molecular flexibility index (Phi) is 4.62. The lowest BCUT2D eigenvalue weighted by Crippen LogP contribution is -2.27. The largest absolute Gasteiger partial charge is 0.372 e. The molecule has 1 unspecified atom stereocenters. The number of aromatic nitrogens is 3. The number of aryl methyl sites for hydroxylation is 1. The third kappa shape index (κ3) is 3.30. The summed E-state index contributed by atoms with van der Waals surface area (Å²) in [4.78, 5) is 17.6. The number of nitrogens with zero attached hydrogens (tertiary/aromatic N) is 3. The van der Waals surface area contributed by atoms with Crippen LogP contribution in [0.2, 0.25) is 0 Å². The highest BCUT2D eigenvalue weighted by Gasteiger charge is 2.15. The number of nitrogens with one attached hydrogen (secondary N) is 2. The number of carbonyl (C=O) groups excluding carboxylic acids is 1. The first-order chi connectivity index (χ1) is 9.63. The number of rotatable bonds is 5. The van der Waals surface area contributed by atoms with Crippen LogP contribution in [0.15, 0.2) is 18.3 Å². The van der Waals surface area contributed by atoms with E-state index >= 15 is 0 Å². The molecule has 6 nitrogen and oxygen atoms in total. The first-order valence-electron chi connectivity index (χ1n) is 6.41. The second-order valence-electron chi connectivity index (χ2n) is 4.27. The van der Waals surface area contributed by atoms with Crippen LogP contribution >= 0.6 is 11.3 Å². The Bertz CT molecular complexity index is 581. The predicted molar refractivity (Wildman–Crippen MR) is 79.0 cm³/mol. The number of anilines is 1. The third-order valence-electron chi connectivity index (χ3n) is 2.79. The van der Waals surface area contributed by atoms with Gasteiger partial charge in [0.25, 0.3) is 5.91 Å². The second-order valence-corrected chi connectivity index (χ2v) is 5.41. The molecule has 20 heavy (non-hydrogen) atoms. The maximum atomic E-state index is 12.0. The van der Waals surface area contributed by atoms with E-state index in [1.807, 2.05) is 13.1 Å².